The second-order valence-corrected chi connectivity index (χ2v) is 11.7. The van der Waals surface area contributed by atoms with E-state index in [1.54, 1.807) is 60.7 Å². The number of fused-ring (bicyclic) bond motifs is 2. The van der Waals surface area contributed by atoms with Crippen molar-refractivity contribution in [2.45, 2.75) is 19.9 Å². The molecule has 0 aliphatic carbocycles. The van der Waals surface area contributed by atoms with Crippen molar-refractivity contribution in [1.29, 1.82) is 0 Å². The first-order valence-corrected chi connectivity index (χ1v) is 14.7. The van der Waals surface area contributed by atoms with E-state index in [4.69, 9.17) is 0 Å². The summed E-state index contributed by atoms with van der Waals surface area (Å²) in [6, 6.07) is 19.3. The second kappa shape index (κ2) is 12.3. The summed E-state index contributed by atoms with van der Waals surface area (Å²) in [5, 5.41) is 1.98. The molecule has 0 aliphatic rings. The van der Waals surface area contributed by atoms with Crippen LogP contribution in [-0.2, 0) is 0 Å². The molecule has 1 N–H and O–H groups in total. The van der Waals surface area contributed by atoms with Crippen LogP contribution in [0.2, 0.25) is 0 Å². The SMILES string of the molecule is CC(C)[NH+](C)c1ccc2ccccc2c1-c1c([B-](c2c(F)c(F)c(F)c(F)c2F)c2c(F)c(F)c(F)c(F)c2F)ccc2ccccc12. The molecule has 0 aliphatic heterocycles. The molecule has 6 aromatic rings. The fourth-order valence-corrected chi connectivity index (χ4v) is 6.19. The van der Waals surface area contributed by atoms with E-state index < -0.39 is 81.3 Å². The Morgan fingerprint density at radius 1 is 0.458 bits per heavy atom. The van der Waals surface area contributed by atoms with Gasteiger partial charge in [0.1, 0.15) is 29.0 Å². The molecule has 1 radical (unpaired) electrons. The number of rotatable bonds is 6. The minimum Gasteiger partial charge on any atom is -0.302 e. The summed E-state index contributed by atoms with van der Waals surface area (Å²) < 4.78 is 151. The van der Waals surface area contributed by atoms with Gasteiger partial charge >= 0.3 is 0 Å². The van der Waals surface area contributed by atoms with Crippen LogP contribution in [0.15, 0.2) is 72.8 Å². The van der Waals surface area contributed by atoms with E-state index in [1.807, 2.05) is 20.9 Å². The van der Waals surface area contributed by atoms with Crippen molar-refractivity contribution in [3.63, 3.8) is 0 Å². The summed E-state index contributed by atoms with van der Waals surface area (Å²) in [5.74, 6) is -25.0. The predicted octanol–water partition coefficient (Wildman–Crippen LogP) is 7.12. The molecular formula is C36H23BF10N. The Kier molecular flexibility index (Phi) is 8.49. The number of nitrogens with one attached hydrogen (secondary N) is 1. The van der Waals surface area contributed by atoms with Gasteiger partial charge < -0.3 is 4.90 Å². The highest BCUT2D eigenvalue weighted by molar-refractivity contribution is 6.96. The van der Waals surface area contributed by atoms with Crippen LogP contribution in [0.4, 0.5) is 49.6 Å². The molecule has 1 atom stereocenters. The molecule has 1 unspecified atom stereocenters. The standard InChI is InChI=1S/C36H22BF10N/c1-16(2)48(3)22-15-13-18-9-5-7-11-20(18)24(22)23-19-10-6-4-8-17(19)12-14-21(23)37(25-27(38)31(42)35(46)32(43)28(25)39)26-29(40)33(44)36(47)34(45)30(26)41/h4-16H,1-3H3/q-1/p+1. The molecule has 0 aromatic heterocycles. The van der Waals surface area contributed by atoms with Gasteiger partial charge in [0.15, 0.2) is 34.9 Å². The Morgan fingerprint density at radius 3 is 1.27 bits per heavy atom. The molecule has 6 aromatic carbocycles. The van der Waals surface area contributed by atoms with Gasteiger partial charge in [-0.3, -0.25) is 0 Å². The van der Waals surface area contributed by atoms with Crippen molar-refractivity contribution >= 4 is 50.3 Å². The highest BCUT2D eigenvalue weighted by Gasteiger charge is 2.33. The maximum absolute atomic E-state index is 15.8. The van der Waals surface area contributed by atoms with Gasteiger partial charge in [-0.2, -0.15) is 10.9 Å². The molecule has 0 spiro atoms. The minimum atomic E-state index is -2.73. The van der Waals surface area contributed by atoms with Gasteiger partial charge in [0, 0.05) is 11.6 Å². The zero-order valence-electron chi connectivity index (χ0n) is 25.4. The van der Waals surface area contributed by atoms with E-state index in [1.165, 1.54) is 6.07 Å². The fraction of sp³-hybridized carbons (Fsp3) is 0.111. The van der Waals surface area contributed by atoms with Gasteiger partial charge in [0.25, 0.3) is 0 Å². The zero-order valence-corrected chi connectivity index (χ0v) is 25.4. The molecule has 0 saturated carbocycles. The lowest BCUT2D eigenvalue weighted by Crippen LogP contribution is -3.07. The summed E-state index contributed by atoms with van der Waals surface area (Å²) in [7, 11) is 1.81. The molecular weight excluding hydrogens is 647 g/mol. The molecule has 0 heterocycles. The van der Waals surface area contributed by atoms with Crippen LogP contribution in [0.25, 0.3) is 32.7 Å². The Labute approximate surface area is 268 Å². The lowest BCUT2D eigenvalue weighted by molar-refractivity contribution is -0.834. The number of hydrogen-bond acceptors (Lipinski definition) is 0. The lowest BCUT2D eigenvalue weighted by atomic mass is 9.35. The van der Waals surface area contributed by atoms with Crippen LogP contribution in [0.5, 0.6) is 0 Å². The quantitative estimate of drug-likeness (QED) is 0.0834. The molecule has 0 saturated heterocycles. The summed E-state index contributed by atoms with van der Waals surface area (Å²) in [6.07, 6.45) is 0. The van der Waals surface area contributed by atoms with E-state index in [0.717, 1.165) is 11.0 Å². The molecule has 0 fully saturated rings. The third-order valence-electron chi connectivity index (χ3n) is 8.81. The summed E-state index contributed by atoms with van der Waals surface area (Å²) in [5.41, 5.74) is -3.12. The minimum absolute atomic E-state index is 0.0257. The smallest absolute Gasteiger partial charge is 0.200 e. The molecule has 245 valence electrons. The topological polar surface area (TPSA) is 4.44 Å². The predicted molar refractivity (Wildman–Crippen MR) is 166 cm³/mol. The average molecular weight is 670 g/mol. The van der Waals surface area contributed by atoms with Crippen LogP contribution in [0, 0.1) is 58.2 Å². The third kappa shape index (κ3) is 5.01. The van der Waals surface area contributed by atoms with Crippen LogP contribution in [-0.4, -0.2) is 19.8 Å². The van der Waals surface area contributed by atoms with E-state index >= 15 is 17.6 Å². The lowest BCUT2D eigenvalue weighted by Gasteiger charge is -2.36. The highest BCUT2D eigenvalue weighted by Crippen LogP contribution is 2.38. The molecule has 0 amide bonds. The van der Waals surface area contributed by atoms with E-state index in [9.17, 15) is 26.3 Å². The first kappa shape index (κ1) is 33.1. The fourth-order valence-electron chi connectivity index (χ4n) is 6.19. The van der Waals surface area contributed by atoms with Gasteiger partial charge in [0.2, 0.25) is 0 Å². The van der Waals surface area contributed by atoms with Gasteiger partial charge in [-0.15, -0.1) is 0 Å². The van der Waals surface area contributed by atoms with Gasteiger partial charge in [-0.1, -0.05) is 60.7 Å². The molecule has 1 nitrogen and oxygen atoms in total. The first-order chi connectivity index (χ1) is 22.8. The van der Waals surface area contributed by atoms with Crippen LogP contribution in [0.1, 0.15) is 13.8 Å². The molecule has 0 bridgehead atoms. The van der Waals surface area contributed by atoms with E-state index in [0.29, 0.717) is 32.8 Å². The monoisotopic (exact) mass is 670 g/mol. The Balaban J connectivity index is 1.91. The van der Waals surface area contributed by atoms with Crippen molar-refractivity contribution in [2.75, 3.05) is 7.05 Å². The largest absolute Gasteiger partial charge is 0.302 e. The Bertz CT molecular complexity index is 2140. The van der Waals surface area contributed by atoms with Crippen LogP contribution in [0.3, 0.4) is 0 Å². The zero-order chi connectivity index (χ0) is 34.8. The van der Waals surface area contributed by atoms with Crippen LogP contribution >= 0.6 is 0 Å². The normalized spacial score (nSPS) is 12.6. The average Bonchev–Trinajstić information content (AvgIpc) is 3.09. The van der Waals surface area contributed by atoms with Crippen molar-refractivity contribution in [3.8, 4) is 11.1 Å². The highest BCUT2D eigenvalue weighted by atomic mass is 19.2. The maximum atomic E-state index is 15.8. The van der Waals surface area contributed by atoms with E-state index in [2.05, 4.69) is 0 Å². The maximum Gasteiger partial charge on any atom is 0.200 e. The summed E-state index contributed by atoms with van der Waals surface area (Å²) in [6.45, 7) is 1.06. The van der Waals surface area contributed by atoms with E-state index in [-0.39, 0.29) is 11.6 Å². The Morgan fingerprint density at radius 2 is 0.833 bits per heavy atom. The number of hydrogen-bond donors (Lipinski definition) is 1. The molecule has 12 heteroatoms. The molecule has 6 rings (SSSR count). The molecule has 48 heavy (non-hydrogen) atoms. The van der Waals surface area contributed by atoms with Gasteiger partial charge in [0.05, 0.1) is 13.1 Å². The number of quaternary nitrogens is 1. The van der Waals surface area contributed by atoms with Crippen molar-refractivity contribution < 1.29 is 48.8 Å². The van der Waals surface area contributed by atoms with Gasteiger partial charge in [-0.25, -0.2) is 49.4 Å². The third-order valence-corrected chi connectivity index (χ3v) is 8.81. The first-order valence-electron chi connectivity index (χ1n) is 14.7. The van der Waals surface area contributed by atoms with Crippen molar-refractivity contribution in [2.24, 2.45) is 0 Å². The second-order valence-electron chi connectivity index (χ2n) is 11.7. The summed E-state index contributed by atoms with van der Waals surface area (Å²) in [4.78, 5) is 0.790. The van der Waals surface area contributed by atoms with Crippen LogP contribution < -0.4 is 21.3 Å². The van der Waals surface area contributed by atoms with Gasteiger partial charge in [-0.05, 0) is 53.7 Å². The van der Waals surface area contributed by atoms with Crippen molar-refractivity contribution in [1.82, 2.24) is 0 Å². The number of halogens is 10. The Hall–Kier alpha value is -4.84. The number of benzene rings is 6. The summed E-state index contributed by atoms with van der Waals surface area (Å²) >= 11 is 0. The van der Waals surface area contributed by atoms with Crippen molar-refractivity contribution in [3.05, 3.63) is 131 Å².